The Kier molecular flexibility index (Phi) is 5.16. The molecule has 1 atom stereocenters. The number of aromatic nitrogens is 3. The molecule has 0 saturated carbocycles. The van der Waals surface area contributed by atoms with E-state index in [1.807, 2.05) is 0 Å². The fourth-order valence-electron chi connectivity index (χ4n) is 3.88. The van der Waals surface area contributed by atoms with Gasteiger partial charge in [0.05, 0.1) is 29.7 Å². The average Bonchev–Trinajstić information content (AvgIpc) is 3.34. The lowest BCUT2D eigenvalue weighted by molar-refractivity contribution is -0.142. The Bertz CT molecular complexity index is 1220. The van der Waals surface area contributed by atoms with Crippen molar-refractivity contribution in [3.8, 4) is 5.88 Å². The molecule has 1 amide bonds. The first kappa shape index (κ1) is 23.3. The second-order valence-corrected chi connectivity index (χ2v) is 9.01. The van der Waals surface area contributed by atoms with Gasteiger partial charge in [0.25, 0.3) is 5.91 Å². The van der Waals surface area contributed by atoms with E-state index in [1.165, 1.54) is 6.92 Å². The second kappa shape index (κ2) is 7.31. The van der Waals surface area contributed by atoms with Crippen LogP contribution in [0.3, 0.4) is 0 Å². The molecule has 0 radical (unpaired) electrons. The van der Waals surface area contributed by atoms with Gasteiger partial charge in [-0.1, -0.05) is 0 Å². The van der Waals surface area contributed by atoms with Crippen molar-refractivity contribution in [1.82, 2.24) is 14.8 Å². The second-order valence-electron chi connectivity index (χ2n) is 7.47. The molecule has 180 valence electrons. The van der Waals surface area contributed by atoms with Gasteiger partial charge in [0.15, 0.2) is 0 Å². The molecule has 1 fully saturated rings. The summed E-state index contributed by atoms with van der Waals surface area (Å²) in [4.78, 5) is 18.3. The zero-order valence-corrected chi connectivity index (χ0v) is 17.4. The zero-order valence-electron chi connectivity index (χ0n) is 16.6. The summed E-state index contributed by atoms with van der Waals surface area (Å²) < 4.78 is 109. The van der Waals surface area contributed by atoms with Crippen LogP contribution in [0.2, 0.25) is 0 Å². The molecule has 2 aliphatic heterocycles. The van der Waals surface area contributed by atoms with Crippen molar-refractivity contribution in [2.24, 2.45) is 0 Å². The van der Waals surface area contributed by atoms with Gasteiger partial charge in [0.1, 0.15) is 12.1 Å². The molecule has 1 spiro atoms. The van der Waals surface area contributed by atoms with Crippen molar-refractivity contribution >= 4 is 21.7 Å². The quantitative estimate of drug-likeness (QED) is 0.361. The first-order chi connectivity index (χ1) is 15.1. The van der Waals surface area contributed by atoms with Gasteiger partial charge in [0, 0.05) is 25.3 Å². The summed E-state index contributed by atoms with van der Waals surface area (Å²) in [6, 6.07) is 0.861. The predicted molar refractivity (Wildman–Crippen MR) is 96.8 cm³/mol. The van der Waals surface area contributed by atoms with Crippen molar-refractivity contribution in [3.63, 3.8) is 0 Å². The largest absolute Gasteiger partial charge is 0.534 e. The van der Waals surface area contributed by atoms with Gasteiger partial charge in [-0.25, -0.2) is 4.98 Å². The maximum atomic E-state index is 13.3. The number of anilines is 1. The number of halogens is 6. The number of fused-ring (bicyclic) bond motifs is 2. The number of ether oxygens (including phenoxy) is 1. The smallest absolute Gasteiger partial charge is 0.378 e. The normalized spacial score (nSPS) is 21.2. The molecule has 9 nitrogen and oxygen atoms in total. The van der Waals surface area contributed by atoms with E-state index in [2.05, 4.69) is 14.3 Å². The van der Waals surface area contributed by atoms with Crippen LogP contribution in [0.1, 0.15) is 28.0 Å². The van der Waals surface area contributed by atoms with Gasteiger partial charge in [-0.2, -0.15) is 39.9 Å². The van der Waals surface area contributed by atoms with E-state index in [0.717, 1.165) is 23.4 Å². The fraction of sp³-hybridized carbons (Fsp3) is 0.471. The van der Waals surface area contributed by atoms with Crippen molar-refractivity contribution in [1.29, 1.82) is 0 Å². The molecular formula is C17H14F6N4O5S. The minimum atomic E-state index is -6.03. The van der Waals surface area contributed by atoms with Crippen molar-refractivity contribution in [2.75, 3.05) is 18.1 Å². The van der Waals surface area contributed by atoms with E-state index < -0.39 is 45.7 Å². The molecule has 4 rings (SSSR count). The van der Waals surface area contributed by atoms with Crippen molar-refractivity contribution < 1.29 is 48.5 Å². The van der Waals surface area contributed by atoms with E-state index in [0.29, 0.717) is 4.68 Å². The van der Waals surface area contributed by atoms with Crippen LogP contribution in [0.25, 0.3) is 0 Å². The van der Waals surface area contributed by atoms with Crippen LogP contribution in [0.4, 0.5) is 32.0 Å². The third-order valence-electron chi connectivity index (χ3n) is 5.18. The number of amides is 1. The summed E-state index contributed by atoms with van der Waals surface area (Å²) in [5.74, 6) is -1.60. The number of carbonyl (C=O) groups is 1. The highest BCUT2D eigenvalue weighted by Gasteiger charge is 2.56. The molecule has 1 unspecified atom stereocenters. The molecule has 0 aromatic carbocycles. The Labute approximate surface area is 182 Å². The van der Waals surface area contributed by atoms with E-state index in [-0.39, 0.29) is 42.1 Å². The van der Waals surface area contributed by atoms with Gasteiger partial charge in [-0.3, -0.25) is 14.4 Å². The van der Waals surface area contributed by atoms with E-state index in [9.17, 15) is 39.6 Å². The third kappa shape index (κ3) is 3.90. The Hall–Kier alpha value is -2.88. The summed E-state index contributed by atoms with van der Waals surface area (Å²) in [7, 11) is -6.03. The molecule has 16 heteroatoms. The SMILES string of the molecule is Cc1cc(OS(=O)(=O)C(F)(F)F)nc2c1C(=O)N(c1cnn(CC(F)(F)F)c1)C21CCOC1. The van der Waals surface area contributed by atoms with Gasteiger partial charge in [-0.15, -0.1) is 0 Å². The molecule has 2 aromatic heterocycles. The van der Waals surface area contributed by atoms with Crippen LogP contribution in [0, 0.1) is 6.92 Å². The Morgan fingerprint density at radius 1 is 1.24 bits per heavy atom. The molecule has 2 aromatic rings. The number of hydrogen-bond donors (Lipinski definition) is 0. The maximum absolute atomic E-state index is 13.3. The average molecular weight is 500 g/mol. The number of rotatable bonds is 4. The third-order valence-corrected chi connectivity index (χ3v) is 6.13. The summed E-state index contributed by atoms with van der Waals surface area (Å²) >= 11 is 0. The van der Waals surface area contributed by atoms with Crippen LogP contribution in [0.5, 0.6) is 5.88 Å². The molecule has 2 aliphatic rings. The van der Waals surface area contributed by atoms with Gasteiger partial charge >= 0.3 is 21.8 Å². The van der Waals surface area contributed by atoms with Gasteiger partial charge in [-0.05, 0) is 12.5 Å². The first-order valence-electron chi connectivity index (χ1n) is 9.19. The predicted octanol–water partition coefficient (Wildman–Crippen LogP) is 2.65. The lowest BCUT2D eigenvalue weighted by Crippen LogP contribution is -2.45. The molecular weight excluding hydrogens is 486 g/mol. The number of aryl methyl sites for hydroxylation is 1. The summed E-state index contributed by atoms with van der Waals surface area (Å²) in [6.07, 6.45) is -2.43. The van der Waals surface area contributed by atoms with Crippen LogP contribution in [0.15, 0.2) is 18.5 Å². The molecule has 0 N–H and O–H groups in total. The van der Waals surface area contributed by atoms with Gasteiger partial charge < -0.3 is 8.92 Å². The molecule has 4 heterocycles. The Balaban J connectivity index is 1.79. The van der Waals surface area contributed by atoms with Crippen LogP contribution < -0.4 is 9.08 Å². The lowest BCUT2D eigenvalue weighted by Gasteiger charge is -2.32. The maximum Gasteiger partial charge on any atom is 0.534 e. The minimum absolute atomic E-state index is 0.0162. The van der Waals surface area contributed by atoms with Crippen LogP contribution >= 0.6 is 0 Å². The highest BCUT2D eigenvalue weighted by atomic mass is 32.2. The molecule has 0 bridgehead atoms. The lowest BCUT2D eigenvalue weighted by atomic mass is 9.92. The van der Waals surface area contributed by atoms with E-state index >= 15 is 0 Å². The van der Waals surface area contributed by atoms with Gasteiger partial charge in [0.2, 0.25) is 5.88 Å². The number of carbonyl (C=O) groups excluding carboxylic acids is 1. The van der Waals surface area contributed by atoms with E-state index in [1.54, 1.807) is 0 Å². The zero-order chi connectivity index (χ0) is 24.4. The van der Waals surface area contributed by atoms with Crippen molar-refractivity contribution in [3.05, 3.63) is 35.3 Å². The summed E-state index contributed by atoms with van der Waals surface area (Å²) in [5, 5.41) is 3.63. The standard InChI is InChI=1S/C17H14F6N4O5S/c1-9-4-11(32-33(29,30)17(21,22)23)25-13-12(9)14(28)27(15(13)2-3-31-8-15)10-5-24-26(6-10)7-16(18,19)20/h4-6H,2-3,7-8H2,1H3. The summed E-state index contributed by atoms with van der Waals surface area (Å²) in [5.41, 5.74) is -7.19. The Morgan fingerprint density at radius 2 is 1.94 bits per heavy atom. The fourth-order valence-corrected chi connectivity index (χ4v) is 4.29. The number of pyridine rings is 1. The molecule has 0 aliphatic carbocycles. The first-order valence-corrected chi connectivity index (χ1v) is 10.6. The van der Waals surface area contributed by atoms with E-state index in [4.69, 9.17) is 4.74 Å². The topological polar surface area (TPSA) is 104 Å². The number of hydrogen-bond acceptors (Lipinski definition) is 7. The molecule has 1 saturated heterocycles. The molecule has 33 heavy (non-hydrogen) atoms. The number of alkyl halides is 6. The van der Waals surface area contributed by atoms with Crippen LogP contribution in [-0.4, -0.2) is 54.0 Å². The minimum Gasteiger partial charge on any atom is -0.378 e. The summed E-state index contributed by atoms with van der Waals surface area (Å²) in [6.45, 7) is -0.147. The van der Waals surface area contributed by atoms with Crippen LogP contribution in [-0.2, 0) is 26.9 Å². The Morgan fingerprint density at radius 3 is 2.52 bits per heavy atom. The highest BCUT2D eigenvalue weighted by molar-refractivity contribution is 7.87. The monoisotopic (exact) mass is 500 g/mol. The van der Waals surface area contributed by atoms with Crippen molar-refractivity contribution in [2.45, 2.75) is 37.1 Å². The highest BCUT2D eigenvalue weighted by Crippen LogP contribution is 2.48. The number of nitrogens with zero attached hydrogens (tertiary/aromatic N) is 4.